The molecule has 8 nitrogen and oxygen atoms in total. The second kappa shape index (κ2) is 15.7. The number of hydrogen-bond donors (Lipinski definition) is 1. The number of fused-ring (bicyclic) bond motifs is 4. The van der Waals surface area contributed by atoms with Crippen LogP contribution < -0.4 is 9.64 Å². The van der Waals surface area contributed by atoms with Crippen molar-refractivity contribution in [3.63, 3.8) is 0 Å². The van der Waals surface area contributed by atoms with Crippen LogP contribution in [0.1, 0.15) is 99.5 Å². The van der Waals surface area contributed by atoms with Gasteiger partial charge in [-0.05, 0) is 129 Å². The Bertz CT molecular complexity index is 2480. The van der Waals surface area contributed by atoms with Crippen molar-refractivity contribution < 1.29 is 9.84 Å². The van der Waals surface area contributed by atoms with Crippen LogP contribution in [0.2, 0.25) is 0 Å². The molecular weight excluding hydrogens is 749 g/mol. The molecule has 0 bridgehead atoms. The lowest BCUT2D eigenvalue weighted by Crippen LogP contribution is -2.51. The van der Waals surface area contributed by atoms with Crippen molar-refractivity contribution in [1.82, 2.24) is 19.7 Å². The molecule has 2 aromatic heterocycles. The van der Waals surface area contributed by atoms with E-state index in [0.29, 0.717) is 17.6 Å². The van der Waals surface area contributed by atoms with Crippen molar-refractivity contribution in [2.45, 2.75) is 71.3 Å². The maximum absolute atomic E-state index is 10.2. The molecule has 4 aromatic carbocycles. The van der Waals surface area contributed by atoms with Gasteiger partial charge in [-0.25, -0.2) is 0 Å². The monoisotopic (exact) mass is 802 g/mol. The molecule has 4 aliphatic rings. The molecule has 10 rings (SSSR count). The van der Waals surface area contributed by atoms with E-state index in [2.05, 4.69) is 130 Å². The minimum Gasteiger partial charge on any atom is -0.508 e. The van der Waals surface area contributed by atoms with Gasteiger partial charge in [-0.15, -0.1) is 21.5 Å². The molecule has 302 valence electrons. The molecule has 2 saturated heterocycles. The predicted molar refractivity (Wildman–Crippen MR) is 238 cm³/mol. The zero-order valence-electron chi connectivity index (χ0n) is 34.6. The second-order valence-electron chi connectivity index (χ2n) is 17.4. The summed E-state index contributed by atoms with van der Waals surface area (Å²) in [6.07, 6.45) is 4.50. The van der Waals surface area contributed by atoms with Gasteiger partial charge in [-0.3, -0.25) is 9.56 Å². The number of benzene rings is 4. The number of phenols is 1. The molecule has 0 radical (unpaired) electrons. The van der Waals surface area contributed by atoms with Gasteiger partial charge in [-0.2, -0.15) is 0 Å². The van der Waals surface area contributed by atoms with Crippen LogP contribution >= 0.6 is 11.3 Å². The lowest BCUT2D eigenvalue weighted by molar-refractivity contribution is 0.0454. The lowest BCUT2D eigenvalue weighted by atomic mass is 9.69. The SMILES string of the molecule is Cc1sc2c(c1C)C(c1ccc(N3CCC(CN4CC(COc5ccc([C@@H]6c7ccc(O)cc7CC[C@@H]6c6ccccc6)cc5)C4)CC3)cc1)=N[C@@H](C)c1nnc(C)n1-2. The summed E-state index contributed by atoms with van der Waals surface area (Å²) in [5, 5.41) is 20.3. The fraction of sp³-hybridized carbons (Fsp3) is 0.380. The van der Waals surface area contributed by atoms with Crippen LogP contribution in [0.25, 0.3) is 5.00 Å². The zero-order chi connectivity index (χ0) is 40.2. The molecule has 9 heteroatoms. The van der Waals surface area contributed by atoms with Crippen LogP contribution in [0.15, 0.2) is 102 Å². The minimum atomic E-state index is -0.0749. The number of aryl methyl sites for hydroxylation is 3. The molecule has 0 spiro atoms. The summed E-state index contributed by atoms with van der Waals surface area (Å²) in [5.74, 6) is 5.09. The average Bonchev–Trinajstić information content (AvgIpc) is 3.74. The van der Waals surface area contributed by atoms with Crippen LogP contribution in [0.4, 0.5) is 5.69 Å². The van der Waals surface area contributed by atoms with E-state index in [-0.39, 0.29) is 12.0 Å². The van der Waals surface area contributed by atoms with E-state index in [4.69, 9.17) is 9.73 Å². The molecule has 6 aromatic rings. The van der Waals surface area contributed by atoms with Gasteiger partial charge in [0.2, 0.25) is 0 Å². The standard InChI is InChI=1S/C50H54N6O2S/c1-31-33(3)59-50-46(31)48(51-32(2)49-53-52-34(4)56(49)50)39-10-15-41(16-11-39)55-24-22-35(23-25-55)27-54-28-36(29-54)30-58-43-18-12-38(13-19-43)47-44(37-8-6-5-7-9-37)20-14-40-26-42(57)17-21-45(40)47/h5-13,15-19,21,26,32,35-36,44,47,57H,14,20,22-25,27-30H2,1-4H3/t32-,44+,47-/m0/s1. The third-order valence-electron chi connectivity index (χ3n) is 13.6. The molecular formula is C50H54N6O2S. The van der Waals surface area contributed by atoms with Crippen molar-refractivity contribution in [3.05, 3.63) is 153 Å². The summed E-state index contributed by atoms with van der Waals surface area (Å²) in [6.45, 7) is 15.0. The van der Waals surface area contributed by atoms with E-state index in [1.807, 2.05) is 30.4 Å². The first-order chi connectivity index (χ1) is 28.8. The number of likely N-dealkylation sites (tertiary alicyclic amines) is 1. The number of nitrogens with zero attached hydrogens (tertiary/aromatic N) is 6. The van der Waals surface area contributed by atoms with Crippen molar-refractivity contribution in [2.75, 3.05) is 44.2 Å². The number of aromatic nitrogens is 3. The highest BCUT2D eigenvalue weighted by Crippen LogP contribution is 2.47. The summed E-state index contributed by atoms with van der Waals surface area (Å²) in [4.78, 5) is 11.8. The van der Waals surface area contributed by atoms with E-state index in [0.717, 1.165) is 80.2 Å². The number of aliphatic imine (C=N–C) groups is 1. The van der Waals surface area contributed by atoms with Gasteiger partial charge >= 0.3 is 0 Å². The fourth-order valence-electron chi connectivity index (χ4n) is 10.2. The number of aromatic hydroxyl groups is 1. The fourth-order valence-corrected chi connectivity index (χ4v) is 11.5. The number of thiophene rings is 1. The van der Waals surface area contributed by atoms with Crippen LogP contribution in [0, 0.1) is 32.6 Å². The van der Waals surface area contributed by atoms with Crippen LogP contribution in [-0.2, 0) is 6.42 Å². The van der Waals surface area contributed by atoms with Crippen molar-refractivity contribution >= 4 is 22.7 Å². The summed E-state index contributed by atoms with van der Waals surface area (Å²) >= 11 is 1.81. The molecule has 0 unspecified atom stereocenters. The van der Waals surface area contributed by atoms with Gasteiger partial charge in [0.15, 0.2) is 5.82 Å². The van der Waals surface area contributed by atoms with Gasteiger partial charge in [0.25, 0.3) is 0 Å². The normalized spacial score (nSPS) is 20.9. The average molecular weight is 803 g/mol. The second-order valence-corrected chi connectivity index (χ2v) is 18.6. The van der Waals surface area contributed by atoms with E-state index >= 15 is 0 Å². The Balaban J connectivity index is 0.711. The van der Waals surface area contributed by atoms with Gasteiger partial charge in [-0.1, -0.05) is 60.7 Å². The van der Waals surface area contributed by atoms with Crippen molar-refractivity contribution in [1.29, 1.82) is 0 Å². The topological polar surface area (TPSA) is 79.0 Å². The third-order valence-corrected chi connectivity index (χ3v) is 14.8. The molecule has 0 amide bonds. The maximum Gasteiger partial charge on any atom is 0.162 e. The number of hydrogen-bond acceptors (Lipinski definition) is 8. The molecule has 0 saturated carbocycles. The highest BCUT2D eigenvalue weighted by Gasteiger charge is 2.34. The largest absolute Gasteiger partial charge is 0.508 e. The highest BCUT2D eigenvalue weighted by molar-refractivity contribution is 7.15. The molecule has 1 aliphatic carbocycles. The smallest absolute Gasteiger partial charge is 0.162 e. The number of anilines is 1. The number of piperidine rings is 1. The lowest BCUT2D eigenvalue weighted by Gasteiger charge is -2.43. The van der Waals surface area contributed by atoms with E-state index in [9.17, 15) is 5.11 Å². The van der Waals surface area contributed by atoms with Crippen molar-refractivity contribution in [3.8, 4) is 16.5 Å². The first-order valence-corrected chi connectivity index (χ1v) is 22.4. The van der Waals surface area contributed by atoms with E-state index in [1.165, 1.54) is 68.3 Å². The van der Waals surface area contributed by atoms with Crippen LogP contribution in [0.5, 0.6) is 11.5 Å². The Morgan fingerprint density at radius 2 is 1.58 bits per heavy atom. The Morgan fingerprint density at radius 1 is 0.814 bits per heavy atom. The summed E-state index contributed by atoms with van der Waals surface area (Å²) in [6, 6.07) is 34.7. The molecule has 59 heavy (non-hydrogen) atoms. The van der Waals surface area contributed by atoms with Crippen LogP contribution in [-0.4, -0.2) is 69.8 Å². The number of ether oxygens (including phenoxy) is 1. The summed E-state index contributed by atoms with van der Waals surface area (Å²) in [7, 11) is 0. The molecule has 2 fully saturated rings. The minimum absolute atomic E-state index is 0.0749. The number of rotatable bonds is 9. The van der Waals surface area contributed by atoms with E-state index in [1.54, 1.807) is 0 Å². The Morgan fingerprint density at radius 3 is 2.34 bits per heavy atom. The molecule has 1 N–H and O–H groups in total. The van der Waals surface area contributed by atoms with Gasteiger partial charge in [0, 0.05) is 66.3 Å². The first-order valence-electron chi connectivity index (χ1n) is 21.5. The highest BCUT2D eigenvalue weighted by atomic mass is 32.1. The Kier molecular flexibility index (Phi) is 10.1. The Hall–Kier alpha value is -5.25. The summed E-state index contributed by atoms with van der Waals surface area (Å²) in [5.41, 5.74) is 11.3. The zero-order valence-corrected chi connectivity index (χ0v) is 35.5. The summed E-state index contributed by atoms with van der Waals surface area (Å²) < 4.78 is 8.58. The molecule has 5 heterocycles. The van der Waals surface area contributed by atoms with Crippen LogP contribution in [0.3, 0.4) is 0 Å². The van der Waals surface area contributed by atoms with E-state index < -0.39 is 0 Å². The predicted octanol–water partition coefficient (Wildman–Crippen LogP) is 9.96. The first kappa shape index (κ1) is 38.0. The van der Waals surface area contributed by atoms with Gasteiger partial charge in [0.05, 0.1) is 12.3 Å². The van der Waals surface area contributed by atoms with Gasteiger partial charge in [0.1, 0.15) is 28.4 Å². The van der Waals surface area contributed by atoms with Gasteiger partial charge < -0.3 is 19.6 Å². The van der Waals surface area contributed by atoms with Crippen molar-refractivity contribution in [2.24, 2.45) is 16.8 Å². The Labute approximate surface area is 352 Å². The quantitative estimate of drug-likeness (QED) is 0.157. The third kappa shape index (κ3) is 7.27. The number of phenolic OH excluding ortho intramolecular Hbond substituents is 1. The maximum atomic E-state index is 10.2. The molecule has 3 atom stereocenters. The molecule has 3 aliphatic heterocycles.